The molecule has 4 rings (SSSR count). The van der Waals surface area contributed by atoms with Gasteiger partial charge in [0, 0.05) is 26.1 Å². The number of nitrogens with one attached hydrogen (secondary N) is 3. The number of hydrogen-bond donors (Lipinski definition) is 3. The Morgan fingerprint density at radius 1 is 1.14 bits per heavy atom. The summed E-state index contributed by atoms with van der Waals surface area (Å²) in [5.74, 6) is -0.877. The van der Waals surface area contributed by atoms with Gasteiger partial charge in [-0.3, -0.25) is 19.2 Å². The van der Waals surface area contributed by atoms with E-state index in [1.54, 1.807) is 12.1 Å². The van der Waals surface area contributed by atoms with E-state index in [0.717, 1.165) is 24.8 Å². The molecular formula is C26H38N4O6. The van der Waals surface area contributed by atoms with Crippen molar-refractivity contribution in [2.45, 2.75) is 64.1 Å². The zero-order valence-corrected chi connectivity index (χ0v) is 21.4. The van der Waals surface area contributed by atoms with Crippen LogP contribution in [0, 0.1) is 5.92 Å². The van der Waals surface area contributed by atoms with Gasteiger partial charge in [0.05, 0.1) is 13.2 Å². The molecule has 3 N–H and O–H groups in total. The molecule has 0 aromatic heterocycles. The van der Waals surface area contributed by atoms with Crippen LogP contribution in [0.1, 0.15) is 45.1 Å². The first-order chi connectivity index (χ1) is 17.2. The van der Waals surface area contributed by atoms with Crippen LogP contribution in [0.4, 0.5) is 0 Å². The van der Waals surface area contributed by atoms with Crippen molar-refractivity contribution in [1.29, 1.82) is 0 Å². The highest BCUT2D eigenvalue weighted by Gasteiger charge is 2.31. The highest BCUT2D eigenvalue weighted by Crippen LogP contribution is 2.19. The molecule has 1 saturated carbocycles. The molecule has 10 nitrogen and oxygen atoms in total. The number of amides is 4. The Kier molecular flexibility index (Phi) is 10.1. The SMILES string of the molecule is COCCN1CC(=O)N[C@@H](C(=O)NC2CCC2)Cc2ccc(cc2)OCC(=O)N[C@@H](CC(C)C)C1=O. The summed E-state index contributed by atoms with van der Waals surface area (Å²) >= 11 is 0. The van der Waals surface area contributed by atoms with E-state index < -0.39 is 23.9 Å². The van der Waals surface area contributed by atoms with Crippen molar-refractivity contribution in [2.75, 3.05) is 33.4 Å². The lowest BCUT2D eigenvalue weighted by Crippen LogP contribution is -2.56. The Morgan fingerprint density at radius 2 is 1.86 bits per heavy atom. The van der Waals surface area contributed by atoms with E-state index in [0.29, 0.717) is 12.2 Å². The number of rotatable bonds is 7. The monoisotopic (exact) mass is 502 g/mol. The van der Waals surface area contributed by atoms with Crippen molar-refractivity contribution in [3.63, 3.8) is 0 Å². The largest absolute Gasteiger partial charge is 0.484 e. The Bertz CT molecular complexity index is 916. The number of fused-ring (bicyclic) bond motifs is 13. The molecule has 4 amide bonds. The molecule has 2 atom stereocenters. The fourth-order valence-corrected chi connectivity index (χ4v) is 4.20. The highest BCUT2D eigenvalue weighted by molar-refractivity contribution is 5.93. The first-order valence-corrected chi connectivity index (χ1v) is 12.6. The van der Waals surface area contributed by atoms with Gasteiger partial charge >= 0.3 is 0 Å². The summed E-state index contributed by atoms with van der Waals surface area (Å²) in [5.41, 5.74) is 0.831. The number of carbonyl (C=O) groups excluding carboxylic acids is 4. The second kappa shape index (κ2) is 13.2. The zero-order valence-electron chi connectivity index (χ0n) is 21.4. The van der Waals surface area contributed by atoms with Gasteiger partial charge in [0.25, 0.3) is 5.91 Å². The Labute approximate surface area is 212 Å². The zero-order chi connectivity index (χ0) is 26.1. The summed E-state index contributed by atoms with van der Waals surface area (Å²) in [7, 11) is 1.51. The topological polar surface area (TPSA) is 126 Å². The van der Waals surface area contributed by atoms with Gasteiger partial charge in [0.2, 0.25) is 17.7 Å². The van der Waals surface area contributed by atoms with Crippen LogP contribution in [0.5, 0.6) is 5.75 Å². The van der Waals surface area contributed by atoms with Crippen molar-refractivity contribution in [1.82, 2.24) is 20.9 Å². The van der Waals surface area contributed by atoms with Crippen molar-refractivity contribution < 1.29 is 28.7 Å². The van der Waals surface area contributed by atoms with Gasteiger partial charge in [0.1, 0.15) is 17.8 Å². The van der Waals surface area contributed by atoms with Crippen molar-refractivity contribution in [3.8, 4) is 5.75 Å². The van der Waals surface area contributed by atoms with Gasteiger partial charge < -0.3 is 30.3 Å². The number of benzene rings is 1. The maximum Gasteiger partial charge on any atom is 0.258 e. The average Bonchev–Trinajstić information content (AvgIpc) is 2.81. The molecule has 1 aliphatic carbocycles. The molecule has 36 heavy (non-hydrogen) atoms. The molecule has 0 unspecified atom stereocenters. The van der Waals surface area contributed by atoms with Gasteiger partial charge in [-0.15, -0.1) is 0 Å². The minimum absolute atomic E-state index is 0.121. The first-order valence-electron chi connectivity index (χ1n) is 12.6. The Hall–Kier alpha value is -3.14. The predicted octanol–water partition coefficient (Wildman–Crippen LogP) is 0.781. The highest BCUT2D eigenvalue weighted by atomic mass is 16.5. The second-order valence-corrected chi connectivity index (χ2v) is 9.90. The standard InChI is InChI=1S/C26H38N4O6/c1-17(2)13-22-26(34)30(11-12-35-3)15-23(31)28-21(25(33)27-19-5-4-6-19)14-18-7-9-20(10-8-18)36-16-24(32)29-22/h7-10,17,19,21-22H,4-6,11-16H2,1-3H3,(H,27,33)(H,28,31)(H,29,32)/t21-,22+/m1/s1. The molecule has 1 fully saturated rings. The molecular weight excluding hydrogens is 464 g/mol. The van der Waals surface area contributed by atoms with Gasteiger partial charge in [-0.1, -0.05) is 26.0 Å². The van der Waals surface area contributed by atoms with Crippen LogP contribution in [-0.2, 0) is 30.3 Å². The lowest BCUT2D eigenvalue weighted by atomic mass is 9.92. The van der Waals surface area contributed by atoms with Crippen molar-refractivity contribution >= 4 is 23.6 Å². The maximum atomic E-state index is 13.4. The molecule has 2 bridgehead atoms. The van der Waals surface area contributed by atoms with Gasteiger partial charge in [-0.2, -0.15) is 0 Å². The number of carbonyl (C=O) groups is 4. The number of ether oxygens (including phenoxy) is 2. The van der Waals surface area contributed by atoms with Gasteiger partial charge in [-0.25, -0.2) is 0 Å². The Balaban J connectivity index is 1.87. The molecule has 198 valence electrons. The van der Waals surface area contributed by atoms with Crippen LogP contribution in [-0.4, -0.2) is 80.1 Å². The molecule has 3 aliphatic rings. The summed E-state index contributed by atoms with van der Waals surface area (Å²) in [6.07, 6.45) is 3.62. The summed E-state index contributed by atoms with van der Waals surface area (Å²) in [4.78, 5) is 53.5. The van der Waals surface area contributed by atoms with E-state index >= 15 is 0 Å². The van der Waals surface area contributed by atoms with Crippen LogP contribution in [0.2, 0.25) is 0 Å². The third kappa shape index (κ3) is 8.22. The van der Waals surface area contributed by atoms with E-state index in [-0.39, 0.29) is 56.5 Å². The quantitative estimate of drug-likeness (QED) is 0.473. The number of nitrogens with zero attached hydrogens (tertiary/aromatic N) is 1. The Morgan fingerprint density at radius 3 is 2.47 bits per heavy atom. The summed E-state index contributed by atoms with van der Waals surface area (Å²) in [6.45, 7) is 3.80. The normalized spacial score (nSPS) is 22.0. The summed E-state index contributed by atoms with van der Waals surface area (Å²) < 4.78 is 10.8. The van der Waals surface area contributed by atoms with Crippen LogP contribution in [0.25, 0.3) is 0 Å². The smallest absolute Gasteiger partial charge is 0.258 e. The molecule has 10 heteroatoms. The lowest BCUT2D eigenvalue weighted by Gasteiger charge is -2.30. The van der Waals surface area contributed by atoms with E-state index in [2.05, 4.69) is 16.0 Å². The third-order valence-corrected chi connectivity index (χ3v) is 6.39. The second-order valence-electron chi connectivity index (χ2n) is 9.90. The van der Waals surface area contributed by atoms with E-state index in [9.17, 15) is 19.2 Å². The summed E-state index contributed by atoms with van der Waals surface area (Å²) in [6, 6.07) is 5.59. The van der Waals surface area contributed by atoms with Crippen LogP contribution >= 0.6 is 0 Å². The fraction of sp³-hybridized carbons (Fsp3) is 0.615. The third-order valence-electron chi connectivity index (χ3n) is 6.39. The van der Waals surface area contributed by atoms with Crippen molar-refractivity contribution in [2.24, 2.45) is 5.92 Å². The molecule has 1 aromatic carbocycles. The van der Waals surface area contributed by atoms with Gasteiger partial charge in [-0.05, 0) is 49.3 Å². The van der Waals surface area contributed by atoms with Gasteiger partial charge in [0.15, 0.2) is 6.61 Å². The molecule has 0 saturated heterocycles. The molecule has 1 aromatic rings. The minimum atomic E-state index is -0.821. The van der Waals surface area contributed by atoms with Crippen LogP contribution in [0.15, 0.2) is 24.3 Å². The molecule has 0 radical (unpaired) electrons. The first kappa shape index (κ1) is 27.4. The minimum Gasteiger partial charge on any atom is -0.484 e. The van der Waals surface area contributed by atoms with Crippen LogP contribution < -0.4 is 20.7 Å². The number of methoxy groups -OCH3 is 1. The number of hydrogen-bond acceptors (Lipinski definition) is 6. The summed E-state index contributed by atoms with van der Waals surface area (Å²) in [5, 5.41) is 8.60. The van der Waals surface area contributed by atoms with Crippen molar-refractivity contribution in [3.05, 3.63) is 29.8 Å². The van der Waals surface area contributed by atoms with E-state index in [1.165, 1.54) is 12.0 Å². The van der Waals surface area contributed by atoms with E-state index in [4.69, 9.17) is 9.47 Å². The molecule has 2 aliphatic heterocycles. The molecule has 2 heterocycles. The molecule has 0 spiro atoms. The maximum absolute atomic E-state index is 13.4. The van der Waals surface area contributed by atoms with E-state index in [1.807, 2.05) is 26.0 Å². The lowest BCUT2D eigenvalue weighted by molar-refractivity contribution is -0.141. The predicted molar refractivity (Wildman–Crippen MR) is 133 cm³/mol. The van der Waals surface area contributed by atoms with Crippen LogP contribution in [0.3, 0.4) is 0 Å². The average molecular weight is 503 g/mol. The fourth-order valence-electron chi connectivity index (χ4n) is 4.20.